The van der Waals surface area contributed by atoms with E-state index < -0.39 is 11.4 Å². The Hall–Kier alpha value is -2.40. The summed E-state index contributed by atoms with van der Waals surface area (Å²) in [5.74, 6) is -1.19. The van der Waals surface area contributed by atoms with Crippen molar-refractivity contribution in [1.82, 2.24) is 4.57 Å². The summed E-state index contributed by atoms with van der Waals surface area (Å²) in [4.78, 5) is 24.0. The first-order valence-electron chi connectivity index (χ1n) is 6.04. The molecule has 0 fully saturated rings. The molecule has 0 unspecified atom stereocenters. The molecule has 5 heteroatoms. The fraction of sp³-hybridized carbons (Fsp3) is 0.0667. The molecule has 20 heavy (non-hydrogen) atoms. The lowest BCUT2D eigenvalue weighted by molar-refractivity contribution is 0.0695. The number of aromatic carboxylic acids is 1. The van der Waals surface area contributed by atoms with Crippen LogP contribution in [0.5, 0.6) is 0 Å². The number of hydrogen-bond acceptors (Lipinski definition) is 3. The van der Waals surface area contributed by atoms with Crippen LogP contribution in [-0.2, 0) is 6.54 Å². The molecule has 3 rings (SSSR count). The minimum atomic E-state index is -1.19. The molecular weight excluding hydrogens is 274 g/mol. The van der Waals surface area contributed by atoms with Crippen LogP contribution in [0.2, 0.25) is 0 Å². The van der Waals surface area contributed by atoms with Crippen molar-refractivity contribution < 1.29 is 9.90 Å². The summed E-state index contributed by atoms with van der Waals surface area (Å²) in [7, 11) is 0. The van der Waals surface area contributed by atoms with E-state index >= 15 is 0 Å². The third kappa shape index (κ3) is 2.12. The van der Waals surface area contributed by atoms with Gasteiger partial charge in [-0.3, -0.25) is 4.79 Å². The monoisotopic (exact) mass is 285 g/mol. The molecule has 0 atom stereocenters. The quantitative estimate of drug-likeness (QED) is 0.805. The van der Waals surface area contributed by atoms with Gasteiger partial charge in [-0.1, -0.05) is 30.3 Å². The number of fused-ring (bicyclic) bond motifs is 1. The van der Waals surface area contributed by atoms with Gasteiger partial charge >= 0.3 is 5.97 Å². The number of carboxylic acids is 1. The Morgan fingerprint density at radius 1 is 1.20 bits per heavy atom. The number of pyridine rings is 1. The fourth-order valence-corrected chi connectivity index (χ4v) is 3.04. The van der Waals surface area contributed by atoms with E-state index in [9.17, 15) is 9.59 Å². The molecule has 0 spiro atoms. The van der Waals surface area contributed by atoms with Crippen LogP contribution in [-0.4, -0.2) is 15.6 Å². The normalized spacial score (nSPS) is 10.8. The van der Waals surface area contributed by atoms with Crippen LogP contribution in [0.4, 0.5) is 0 Å². The minimum Gasteiger partial charge on any atom is -0.477 e. The maximum atomic E-state index is 12.0. The second-order valence-electron chi connectivity index (χ2n) is 4.43. The molecule has 1 N–H and O–H groups in total. The lowest BCUT2D eigenvalue weighted by Crippen LogP contribution is -2.18. The molecule has 1 aromatic carbocycles. The molecule has 0 saturated carbocycles. The summed E-state index contributed by atoms with van der Waals surface area (Å²) < 4.78 is 1.82. The summed E-state index contributed by atoms with van der Waals surface area (Å²) in [6.45, 7) is 0.540. The van der Waals surface area contributed by atoms with E-state index in [-0.39, 0.29) is 5.56 Å². The minimum absolute atomic E-state index is 0.188. The summed E-state index contributed by atoms with van der Waals surface area (Å²) in [6.07, 6.45) is 1.43. The molecule has 2 heterocycles. The second-order valence-corrected chi connectivity index (χ2v) is 5.32. The first-order valence-corrected chi connectivity index (χ1v) is 6.92. The van der Waals surface area contributed by atoms with Crippen LogP contribution in [0.1, 0.15) is 15.9 Å². The van der Waals surface area contributed by atoms with Crippen LogP contribution in [0, 0.1) is 0 Å². The Balaban J connectivity index is 2.20. The second kappa shape index (κ2) is 4.94. The van der Waals surface area contributed by atoms with E-state index in [1.165, 1.54) is 17.5 Å². The molecule has 0 amide bonds. The number of thiophene rings is 1. The lowest BCUT2D eigenvalue weighted by atomic mass is 10.2. The van der Waals surface area contributed by atoms with Gasteiger partial charge in [-0.2, -0.15) is 0 Å². The third-order valence-electron chi connectivity index (χ3n) is 3.11. The van der Waals surface area contributed by atoms with Crippen molar-refractivity contribution in [2.45, 2.75) is 6.54 Å². The van der Waals surface area contributed by atoms with Gasteiger partial charge in [-0.15, -0.1) is 11.3 Å². The molecule has 0 aliphatic heterocycles. The SMILES string of the molecule is O=C(O)c1cn(Cc2ccccc2)c2sccc2c1=O. The smallest absolute Gasteiger partial charge is 0.341 e. The third-order valence-corrected chi connectivity index (χ3v) is 4.06. The van der Waals surface area contributed by atoms with Gasteiger partial charge in [0.15, 0.2) is 0 Å². The Bertz CT molecular complexity index is 833. The number of carboxylic acid groups (broad SMARTS) is 1. The van der Waals surface area contributed by atoms with E-state index in [4.69, 9.17) is 5.11 Å². The van der Waals surface area contributed by atoms with Crippen LogP contribution < -0.4 is 5.43 Å². The average Bonchev–Trinajstić information content (AvgIpc) is 2.93. The van der Waals surface area contributed by atoms with Gasteiger partial charge in [0.25, 0.3) is 0 Å². The van der Waals surface area contributed by atoms with E-state index in [0.29, 0.717) is 11.9 Å². The number of carbonyl (C=O) groups is 1. The summed E-state index contributed by atoms with van der Waals surface area (Å²) in [6, 6.07) is 11.4. The zero-order valence-electron chi connectivity index (χ0n) is 10.4. The number of aromatic nitrogens is 1. The van der Waals surface area contributed by atoms with Crippen molar-refractivity contribution in [2.75, 3.05) is 0 Å². The predicted octanol–water partition coefficient (Wildman–Crippen LogP) is 2.81. The molecule has 0 aliphatic rings. The van der Waals surface area contributed by atoms with Crippen molar-refractivity contribution >= 4 is 27.5 Å². The highest BCUT2D eigenvalue weighted by molar-refractivity contribution is 7.16. The van der Waals surface area contributed by atoms with Gasteiger partial charge in [-0.25, -0.2) is 4.79 Å². The van der Waals surface area contributed by atoms with Gasteiger partial charge in [0.1, 0.15) is 10.4 Å². The maximum absolute atomic E-state index is 12.0. The van der Waals surface area contributed by atoms with Gasteiger partial charge in [0.2, 0.25) is 5.43 Å². The number of rotatable bonds is 3. The molecule has 0 saturated heterocycles. The molecule has 100 valence electrons. The summed E-state index contributed by atoms with van der Waals surface area (Å²) >= 11 is 1.44. The summed E-state index contributed by atoms with van der Waals surface area (Å²) in [5, 5.41) is 11.4. The van der Waals surface area contributed by atoms with Crippen molar-refractivity contribution in [3.05, 3.63) is 69.3 Å². The Morgan fingerprint density at radius 3 is 2.65 bits per heavy atom. The van der Waals surface area contributed by atoms with Crippen LogP contribution in [0.25, 0.3) is 10.2 Å². The Labute approximate surface area is 118 Å². The van der Waals surface area contributed by atoms with Crippen LogP contribution in [0.15, 0.2) is 52.8 Å². The van der Waals surface area contributed by atoms with E-state index in [0.717, 1.165) is 10.4 Å². The van der Waals surface area contributed by atoms with Crippen molar-refractivity contribution in [1.29, 1.82) is 0 Å². The zero-order valence-corrected chi connectivity index (χ0v) is 11.3. The van der Waals surface area contributed by atoms with Crippen LogP contribution >= 0.6 is 11.3 Å². The average molecular weight is 285 g/mol. The topological polar surface area (TPSA) is 59.3 Å². The molecule has 4 nitrogen and oxygen atoms in total. The van der Waals surface area contributed by atoms with Gasteiger partial charge < -0.3 is 9.67 Å². The zero-order chi connectivity index (χ0) is 14.1. The fourth-order valence-electron chi connectivity index (χ4n) is 2.16. The maximum Gasteiger partial charge on any atom is 0.341 e. The van der Waals surface area contributed by atoms with E-state index in [1.807, 2.05) is 34.9 Å². The molecule has 0 aliphatic carbocycles. The van der Waals surface area contributed by atoms with Crippen molar-refractivity contribution in [3.8, 4) is 0 Å². The van der Waals surface area contributed by atoms with Crippen molar-refractivity contribution in [3.63, 3.8) is 0 Å². The molecule has 0 bridgehead atoms. The molecular formula is C15H11NO3S. The first kappa shape index (κ1) is 12.6. The Morgan fingerprint density at radius 2 is 1.95 bits per heavy atom. The standard InChI is InChI=1S/C15H11NO3S/c17-13-11-6-7-20-14(11)16(9-12(13)15(18)19)8-10-4-2-1-3-5-10/h1-7,9H,8H2,(H,18,19). The number of hydrogen-bond donors (Lipinski definition) is 1. The summed E-state index contributed by atoms with van der Waals surface area (Å²) in [5.41, 5.74) is 0.451. The van der Waals surface area contributed by atoms with Crippen LogP contribution in [0.3, 0.4) is 0 Å². The molecule has 2 aromatic heterocycles. The first-order chi connectivity index (χ1) is 9.66. The number of nitrogens with zero attached hydrogens (tertiary/aromatic N) is 1. The largest absolute Gasteiger partial charge is 0.477 e. The van der Waals surface area contributed by atoms with Gasteiger partial charge in [0, 0.05) is 12.7 Å². The Kier molecular flexibility index (Phi) is 3.12. The van der Waals surface area contributed by atoms with E-state index in [2.05, 4.69) is 0 Å². The molecule has 3 aromatic rings. The lowest BCUT2D eigenvalue weighted by Gasteiger charge is -2.09. The molecule has 0 radical (unpaired) electrons. The van der Waals surface area contributed by atoms with Gasteiger partial charge in [0.05, 0.1) is 5.39 Å². The highest BCUT2D eigenvalue weighted by Gasteiger charge is 2.15. The highest BCUT2D eigenvalue weighted by atomic mass is 32.1. The predicted molar refractivity (Wildman–Crippen MR) is 78.6 cm³/mol. The van der Waals surface area contributed by atoms with E-state index in [1.54, 1.807) is 11.4 Å². The van der Waals surface area contributed by atoms with Gasteiger partial charge in [-0.05, 0) is 17.0 Å². The van der Waals surface area contributed by atoms with Crippen molar-refractivity contribution in [2.24, 2.45) is 0 Å². The number of benzene rings is 1. The highest BCUT2D eigenvalue weighted by Crippen LogP contribution is 2.20.